The molecule has 0 aliphatic heterocycles. The zero-order chi connectivity index (χ0) is 15.2. The van der Waals surface area contributed by atoms with Crippen LogP contribution in [-0.4, -0.2) is 18.0 Å². The maximum atomic E-state index is 12.1. The fourth-order valence-corrected chi connectivity index (χ4v) is 2.78. The summed E-state index contributed by atoms with van der Waals surface area (Å²) >= 11 is 0. The Balaban J connectivity index is 1.77. The fourth-order valence-electron chi connectivity index (χ4n) is 2.78. The summed E-state index contributed by atoms with van der Waals surface area (Å²) in [4.78, 5) is 12.1. The van der Waals surface area contributed by atoms with Gasteiger partial charge in [-0.05, 0) is 36.8 Å². The Kier molecular flexibility index (Phi) is 5.80. The summed E-state index contributed by atoms with van der Waals surface area (Å²) in [6.45, 7) is 7.07. The highest BCUT2D eigenvalue weighted by atomic mass is 16.2. The first kappa shape index (κ1) is 16.0. The monoisotopic (exact) mass is 288 g/mol. The Morgan fingerprint density at radius 2 is 1.76 bits per heavy atom. The molecule has 116 valence electrons. The van der Waals surface area contributed by atoms with Crippen LogP contribution >= 0.6 is 0 Å². The summed E-state index contributed by atoms with van der Waals surface area (Å²) in [5.41, 5.74) is 2.57. The maximum absolute atomic E-state index is 12.1. The van der Waals surface area contributed by atoms with Gasteiger partial charge in [0, 0.05) is 12.6 Å². The van der Waals surface area contributed by atoms with Gasteiger partial charge in [0.2, 0.25) is 5.91 Å². The number of rotatable bonds is 6. The van der Waals surface area contributed by atoms with Gasteiger partial charge in [-0.15, -0.1) is 0 Å². The van der Waals surface area contributed by atoms with E-state index in [0.717, 1.165) is 19.4 Å². The molecule has 1 aliphatic rings. The van der Waals surface area contributed by atoms with Crippen LogP contribution in [0.1, 0.15) is 63.5 Å². The second-order valence-corrected chi connectivity index (χ2v) is 6.49. The molecular weight excluding hydrogens is 260 g/mol. The van der Waals surface area contributed by atoms with E-state index in [1.54, 1.807) is 0 Å². The first-order valence-corrected chi connectivity index (χ1v) is 8.19. The second-order valence-electron chi connectivity index (χ2n) is 6.49. The number of benzene rings is 1. The van der Waals surface area contributed by atoms with E-state index in [0.29, 0.717) is 12.0 Å². The molecule has 21 heavy (non-hydrogen) atoms. The molecule has 3 heteroatoms. The van der Waals surface area contributed by atoms with Gasteiger partial charge in [-0.2, -0.15) is 0 Å². The van der Waals surface area contributed by atoms with E-state index in [1.165, 1.54) is 24.0 Å². The molecule has 1 aliphatic carbocycles. The van der Waals surface area contributed by atoms with Crippen molar-refractivity contribution in [2.75, 3.05) is 0 Å². The zero-order valence-corrected chi connectivity index (χ0v) is 13.5. The zero-order valence-electron chi connectivity index (χ0n) is 13.5. The lowest BCUT2D eigenvalue weighted by Crippen LogP contribution is -2.45. The molecule has 1 amide bonds. The van der Waals surface area contributed by atoms with Gasteiger partial charge >= 0.3 is 0 Å². The van der Waals surface area contributed by atoms with Crippen molar-refractivity contribution in [3.05, 3.63) is 35.4 Å². The van der Waals surface area contributed by atoms with Crippen LogP contribution in [0.5, 0.6) is 0 Å². The average Bonchev–Trinajstić information content (AvgIpc) is 2.98. The van der Waals surface area contributed by atoms with Crippen molar-refractivity contribution in [3.63, 3.8) is 0 Å². The lowest BCUT2D eigenvalue weighted by atomic mass is 10.0. The van der Waals surface area contributed by atoms with Crippen molar-refractivity contribution in [3.8, 4) is 0 Å². The van der Waals surface area contributed by atoms with Crippen molar-refractivity contribution < 1.29 is 4.79 Å². The van der Waals surface area contributed by atoms with Crippen molar-refractivity contribution in [2.24, 2.45) is 0 Å². The molecule has 1 unspecified atom stereocenters. The molecular formula is C18H28N2O. The largest absolute Gasteiger partial charge is 0.352 e. The molecule has 1 aromatic carbocycles. The first-order chi connectivity index (χ1) is 10.1. The van der Waals surface area contributed by atoms with Gasteiger partial charge in [-0.3, -0.25) is 4.79 Å². The van der Waals surface area contributed by atoms with E-state index < -0.39 is 0 Å². The average molecular weight is 288 g/mol. The Labute approximate surface area is 128 Å². The van der Waals surface area contributed by atoms with Crippen molar-refractivity contribution >= 4 is 5.91 Å². The van der Waals surface area contributed by atoms with Gasteiger partial charge in [0.05, 0.1) is 6.04 Å². The van der Waals surface area contributed by atoms with Crippen LogP contribution in [0.4, 0.5) is 0 Å². The van der Waals surface area contributed by atoms with E-state index in [2.05, 4.69) is 48.7 Å². The standard InChI is InChI=1S/C18H28N2O/c1-13(2)16-10-8-15(9-11-16)12-19-14(3)18(21)20-17-6-4-5-7-17/h8-11,13-14,17,19H,4-7,12H2,1-3H3,(H,20,21). The number of carbonyl (C=O) groups excluding carboxylic acids is 1. The molecule has 0 spiro atoms. The summed E-state index contributed by atoms with van der Waals surface area (Å²) < 4.78 is 0. The molecule has 1 atom stereocenters. The molecule has 2 N–H and O–H groups in total. The van der Waals surface area contributed by atoms with Crippen LogP contribution in [0, 0.1) is 0 Å². The minimum absolute atomic E-state index is 0.126. The quantitative estimate of drug-likeness (QED) is 0.843. The topological polar surface area (TPSA) is 41.1 Å². The summed E-state index contributed by atoms with van der Waals surface area (Å²) in [5.74, 6) is 0.684. The number of carbonyl (C=O) groups is 1. The van der Waals surface area contributed by atoms with Crippen molar-refractivity contribution in [1.82, 2.24) is 10.6 Å². The fraction of sp³-hybridized carbons (Fsp3) is 0.611. The van der Waals surface area contributed by atoms with Crippen LogP contribution in [0.3, 0.4) is 0 Å². The molecule has 0 radical (unpaired) electrons. The molecule has 1 aromatic rings. The van der Waals surface area contributed by atoms with Crippen molar-refractivity contribution in [2.45, 2.75) is 71.0 Å². The first-order valence-electron chi connectivity index (χ1n) is 8.19. The van der Waals surface area contributed by atoms with E-state index >= 15 is 0 Å². The Morgan fingerprint density at radius 3 is 2.33 bits per heavy atom. The van der Waals surface area contributed by atoms with E-state index in [1.807, 2.05) is 6.92 Å². The van der Waals surface area contributed by atoms with Crippen LogP contribution < -0.4 is 10.6 Å². The van der Waals surface area contributed by atoms with Gasteiger partial charge < -0.3 is 10.6 Å². The smallest absolute Gasteiger partial charge is 0.237 e. The third-order valence-corrected chi connectivity index (χ3v) is 4.35. The highest BCUT2D eigenvalue weighted by molar-refractivity contribution is 5.81. The Morgan fingerprint density at radius 1 is 1.14 bits per heavy atom. The highest BCUT2D eigenvalue weighted by Gasteiger charge is 2.20. The SMILES string of the molecule is CC(NCc1ccc(C(C)C)cc1)C(=O)NC1CCCC1. The minimum Gasteiger partial charge on any atom is -0.352 e. The van der Waals surface area contributed by atoms with E-state index in [4.69, 9.17) is 0 Å². The summed E-state index contributed by atoms with van der Waals surface area (Å²) in [5, 5.41) is 6.45. The predicted octanol–water partition coefficient (Wildman–Crippen LogP) is 3.35. The van der Waals surface area contributed by atoms with E-state index in [-0.39, 0.29) is 11.9 Å². The molecule has 0 heterocycles. The highest BCUT2D eigenvalue weighted by Crippen LogP contribution is 2.17. The normalized spacial score (nSPS) is 17.1. The van der Waals surface area contributed by atoms with Crippen molar-refractivity contribution in [1.29, 1.82) is 0 Å². The van der Waals surface area contributed by atoms with Gasteiger partial charge in [0.1, 0.15) is 0 Å². The molecule has 1 fully saturated rings. The molecule has 0 bridgehead atoms. The second kappa shape index (κ2) is 7.60. The van der Waals surface area contributed by atoms with E-state index in [9.17, 15) is 4.79 Å². The molecule has 0 saturated heterocycles. The van der Waals surface area contributed by atoms with Gasteiger partial charge in [-0.1, -0.05) is 51.0 Å². The number of hydrogen-bond acceptors (Lipinski definition) is 2. The van der Waals surface area contributed by atoms with Crippen LogP contribution in [0.15, 0.2) is 24.3 Å². The van der Waals surface area contributed by atoms with Gasteiger partial charge in [0.25, 0.3) is 0 Å². The van der Waals surface area contributed by atoms with Crippen LogP contribution in [-0.2, 0) is 11.3 Å². The van der Waals surface area contributed by atoms with Gasteiger partial charge in [0.15, 0.2) is 0 Å². The Bertz CT molecular complexity index is 447. The van der Waals surface area contributed by atoms with Crippen LogP contribution in [0.25, 0.3) is 0 Å². The molecule has 3 nitrogen and oxygen atoms in total. The maximum Gasteiger partial charge on any atom is 0.237 e. The van der Waals surface area contributed by atoms with Gasteiger partial charge in [-0.25, -0.2) is 0 Å². The predicted molar refractivity (Wildman–Crippen MR) is 87.2 cm³/mol. The number of amides is 1. The lowest BCUT2D eigenvalue weighted by Gasteiger charge is -2.18. The summed E-state index contributed by atoms with van der Waals surface area (Å²) in [7, 11) is 0. The third-order valence-electron chi connectivity index (χ3n) is 4.35. The number of hydrogen-bond donors (Lipinski definition) is 2. The molecule has 2 rings (SSSR count). The number of nitrogens with one attached hydrogen (secondary N) is 2. The third kappa shape index (κ3) is 4.85. The van der Waals surface area contributed by atoms with Crippen LogP contribution in [0.2, 0.25) is 0 Å². The summed E-state index contributed by atoms with van der Waals surface area (Å²) in [6.07, 6.45) is 4.76. The minimum atomic E-state index is -0.143. The Hall–Kier alpha value is -1.35. The molecule has 1 saturated carbocycles. The summed E-state index contributed by atoms with van der Waals surface area (Å²) in [6, 6.07) is 8.88. The lowest BCUT2D eigenvalue weighted by molar-refractivity contribution is -0.123. The molecule has 0 aromatic heterocycles.